The van der Waals surface area contributed by atoms with Gasteiger partial charge in [-0.3, -0.25) is 5.10 Å². The lowest BCUT2D eigenvalue weighted by atomic mass is 10.0. The van der Waals surface area contributed by atoms with Crippen LogP contribution in [0.5, 0.6) is 0 Å². The normalized spacial score (nSPS) is 10.4. The summed E-state index contributed by atoms with van der Waals surface area (Å²) < 4.78 is 13.5. The SMILES string of the molecule is Cc1[nH]nc(C(=O)O)c1-c1ccccc1F. The van der Waals surface area contributed by atoms with Gasteiger partial charge in [0.05, 0.1) is 0 Å². The number of benzene rings is 1. The Bertz CT molecular complexity index is 549. The van der Waals surface area contributed by atoms with Crippen LogP contribution in [0.15, 0.2) is 24.3 Å². The molecule has 0 amide bonds. The molecule has 0 unspecified atom stereocenters. The average Bonchev–Trinajstić information content (AvgIpc) is 2.61. The maximum Gasteiger partial charge on any atom is 0.357 e. The fraction of sp³-hybridized carbons (Fsp3) is 0.0909. The number of aryl methyl sites for hydroxylation is 1. The van der Waals surface area contributed by atoms with Crippen molar-refractivity contribution >= 4 is 5.97 Å². The summed E-state index contributed by atoms with van der Waals surface area (Å²) in [4.78, 5) is 10.9. The molecule has 0 radical (unpaired) electrons. The summed E-state index contributed by atoms with van der Waals surface area (Å²) in [5, 5.41) is 15.1. The number of H-pyrrole nitrogens is 1. The second kappa shape index (κ2) is 3.77. The number of hydrogen-bond acceptors (Lipinski definition) is 2. The van der Waals surface area contributed by atoms with E-state index in [1.54, 1.807) is 19.1 Å². The van der Waals surface area contributed by atoms with Gasteiger partial charge in [-0.25, -0.2) is 9.18 Å². The number of aromatic amines is 1. The number of aromatic carboxylic acids is 1. The van der Waals surface area contributed by atoms with Crippen LogP contribution in [0.2, 0.25) is 0 Å². The van der Waals surface area contributed by atoms with Crippen molar-refractivity contribution < 1.29 is 14.3 Å². The predicted molar refractivity (Wildman–Crippen MR) is 55.7 cm³/mol. The first kappa shape index (κ1) is 10.4. The number of halogens is 1. The molecule has 1 heterocycles. The number of nitrogens with zero attached hydrogens (tertiary/aromatic N) is 1. The molecule has 1 aromatic heterocycles. The Balaban J connectivity index is 2.68. The fourth-order valence-corrected chi connectivity index (χ4v) is 1.58. The first-order chi connectivity index (χ1) is 7.61. The zero-order chi connectivity index (χ0) is 11.7. The van der Waals surface area contributed by atoms with Gasteiger partial charge in [0, 0.05) is 16.8 Å². The number of hydrogen-bond donors (Lipinski definition) is 2. The monoisotopic (exact) mass is 220 g/mol. The van der Waals surface area contributed by atoms with Crippen LogP contribution < -0.4 is 0 Å². The molecule has 0 aliphatic rings. The Labute approximate surface area is 90.7 Å². The van der Waals surface area contributed by atoms with E-state index in [2.05, 4.69) is 10.2 Å². The molecule has 0 bridgehead atoms. The van der Waals surface area contributed by atoms with E-state index in [9.17, 15) is 9.18 Å². The van der Waals surface area contributed by atoms with E-state index in [4.69, 9.17) is 5.11 Å². The third-order valence-electron chi connectivity index (χ3n) is 2.29. The molecule has 0 saturated heterocycles. The lowest BCUT2D eigenvalue weighted by Crippen LogP contribution is -2.00. The standard InChI is InChI=1S/C11H9FN2O2/c1-6-9(10(11(15)16)14-13-6)7-4-2-3-5-8(7)12/h2-5H,1H3,(H,13,14)(H,15,16). The van der Waals surface area contributed by atoms with Crippen molar-refractivity contribution in [2.75, 3.05) is 0 Å². The summed E-state index contributed by atoms with van der Waals surface area (Å²) in [5.41, 5.74) is 0.904. The van der Waals surface area contributed by atoms with Crippen molar-refractivity contribution in [3.8, 4) is 11.1 Å². The fourth-order valence-electron chi connectivity index (χ4n) is 1.58. The second-order valence-electron chi connectivity index (χ2n) is 3.36. The lowest BCUT2D eigenvalue weighted by molar-refractivity contribution is 0.0691. The van der Waals surface area contributed by atoms with Crippen LogP contribution in [-0.2, 0) is 0 Å². The molecular formula is C11H9FN2O2. The molecule has 4 nitrogen and oxygen atoms in total. The van der Waals surface area contributed by atoms with Gasteiger partial charge in [-0.1, -0.05) is 18.2 Å². The van der Waals surface area contributed by atoms with Gasteiger partial charge in [-0.15, -0.1) is 0 Å². The first-order valence-electron chi connectivity index (χ1n) is 4.64. The summed E-state index contributed by atoms with van der Waals surface area (Å²) in [5.74, 6) is -1.64. The van der Waals surface area contributed by atoms with Crippen molar-refractivity contribution in [2.24, 2.45) is 0 Å². The van der Waals surface area contributed by atoms with Crippen LogP contribution in [0.25, 0.3) is 11.1 Å². The molecule has 1 aromatic carbocycles. The largest absolute Gasteiger partial charge is 0.476 e. The number of rotatable bonds is 2. The molecule has 82 valence electrons. The molecule has 16 heavy (non-hydrogen) atoms. The Hall–Kier alpha value is -2.17. The smallest absolute Gasteiger partial charge is 0.357 e. The Morgan fingerprint density at radius 1 is 1.44 bits per heavy atom. The number of nitrogens with one attached hydrogen (secondary N) is 1. The Kier molecular flexibility index (Phi) is 2.44. The van der Waals surface area contributed by atoms with E-state index < -0.39 is 11.8 Å². The van der Waals surface area contributed by atoms with E-state index >= 15 is 0 Å². The van der Waals surface area contributed by atoms with Crippen molar-refractivity contribution in [1.29, 1.82) is 0 Å². The summed E-state index contributed by atoms with van der Waals surface area (Å²) >= 11 is 0. The maximum absolute atomic E-state index is 13.5. The van der Waals surface area contributed by atoms with Crippen molar-refractivity contribution in [1.82, 2.24) is 10.2 Å². The Morgan fingerprint density at radius 2 is 2.12 bits per heavy atom. The van der Waals surface area contributed by atoms with Crippen LogP contribution in [-0.4, -0.2) is 21.3 Å². The number of carboxylic acid groups (broad SMARTS) is 1. The van der Waals surface area contributed by atoms with Gasteiger partial charge in [0.25, 0.3) is 0 Å². The van der Waals surface area contributed by atoms with Crippen LogP contribution in [0, 0.1) is 12.7 Å². The third kappa shape index (κ3) is 1.56. The molecule has 0 atom stereocenters. The highest BCUT2D eigenvalue weighted by atomic mass is 19.1. The quantitative estimate of drug-likeness (QED) is 0.815. The molecule has 5 heteroatoms. The predicted octanol–water partition coefficient (Wildman–Crippen LogP) is 2.22. The zero-order valence-electron chi connectivity index (χ0n) is 8.49. The van der Waals surface area contributed by atoms with Crippen LogP contribution in [0.3, 0.4) is 0 Å². The first-order valence-corrected chi connectivity index (χ1v) is 4.64. The topological polar surface area (TPSA) is 66.0 Å². The molecule has 2 rings (SSSR count). The lowest BCUT2D eigenvalue weighted by Gasteiger charge is -2.02. The van der Waals surface area contributed by atoms with Gasteiger partial charge in [-0.2, -0.15) is 5.10 Å². The minimum atomic E-state index is -1.18. The second-order valence-corrected chi connectivity index (χ2v) is 3.36. The van der Waals surface area contributed by atoms with E-state index in [1.807, 2.05) is 0 Å². The van der Waals surface area contributed by atoms with E-state index in [-0.39, 0.29) is 11.3 Å². The van der Waals surface area contributed by atoms with Gasteiger partial charge in [-0.05, 0) is 13.0 Å². The highest BCUT2D eigenvalue weighted by Crippen LogP contribution is 2.27. The van der Waals surface area contributed by atoms with E-state index in [1.165, 1.54) is 12.1 Å². The minimum absolute atomic E-state index is 0.164. The van der Waals surface area contributed by atoms with Gasteiger partial charge in [0.1, 0.15) is 5.82 Å². The van der Waals surface area contributed by atoms with Gasteiger partial charge in [0.15, 0.2) is 5.69 Å². The van der Waals surface area contributed by atoms with Crippen LogP contribution in [0.1, 0.15) is 16.2 Å². The third-order valence-corrected chi connectivity index (χ3v) is 2.29. The number of carboxylic acids is 1. The molecular weight excluding hydrogens is 211 g/mol. The van der Waals surface area contributed by atoms with Gasteiger partial charge >= 0.3 is 5.97 Å². The van der Waals surface area contributed by atoms with E-state index in [0.717, 1.165) is 0 Å². The molecule has 0 aliphatic heterocycles. The Morgan fingerprint density at radius 3 is 2.75 bits per heavy atom. The van der Waals surface area contributed by atoms with Crippen molar-refractivity contribution in [3.63, 3.8) is 0 Å². The van der Waals surface area contributed by atoms with Gasteiger partial charge < -0.3 is 5.11 Å². The number of carbonyl (C=O) groups is 1. The van der Waals surface area contributed by atoms with Crippen LogP contribution >= 0.6 is 0 Å². The maximum atomic E-state index is 13.5. The number of aromatic nitrogens is 2. The zero-order valence-corrected chi connectivity index (χ0v) is 8.49. The van der Waals surface area contributed by atoms with Crippen LogP contribution in [0.4, 0.5) is 4.39 Å². The molecule has 0 spiro atoms. The molecule has 2 N–H and O–H groups in total. The summed E-state index contributed by atoms with van der Waals surface area (Å²) in [6.07, 6.45) is 0. The highest BCUT2D eigenvalue weighted by Gasteiger charge is 2.20. The summed E-state index contributed by atoms with van der Waals surface area (Å²) in [6.45, 7) is 1.65. The molecule has 0 saturated carbocycles. The van der Waals surface area contributed by atoms with Crippen molar-refractivity contribution in [3.05, 3.63) is 41.5 Å². The minimum Gasteiger partial charge on any atom is -0.476 e. The van der Waals surface area contributed by atoms with Gasteiger partial charge in [0.2, 0.25) is 0 Å². The highest BCUT2D eigenvalue weighted by molar-refractivity contribution is 5.94. The van der Waals surface area contributed by atoms with E-state index in [0.29, 0.717) is 11.3 Å². The molecule has 0 fully saturated rings. The average molecular weight is 220 g/mol. The van der Waals surface area contributed by atoms with Crippen molar-refractivity contribution in [2.45, 2.75) is 6.92 Å². The summed E-state index contributed by atoms with van der Waals surface area (Å²) in [7, 11) is 0. The molecule has 0 aliphatic carbocycles. The summed E-state index contributed by atoms with van der Waals surface area (Å²) in [6, 6.07) is 6.01. The molecule has 2 aromatic rings.